The molecular weight excluding hydrogens is 220 g/mol. The summed E-state index contributed by atoms with van der Waals surface area (Å²) < 4.78 is 10.4. The molecule has 5 nitrogen and oxygen atoms in total. The molecule has 1 aromatic carbocycles. The van der Waals surface area contributed by atoms with E-state index in [1.165, 1.54) is 0 Å². The molecular formula is C12H18N2O3. The number of benzene rings is 1. The lowest BCUT2D eigenvalue weighted by Gasteiger charge is -2.12. The first kappa shape index (κ1) is 13.3. The molecule has 1 amide bonds. The summed E-state index contributed by atoms with van der Waals surface area (Å²) in [5.74, 6) is 1.19. The maximum absolute atomic E-state index is 11.6. The molecule has 1 aromatic rings. The van der Waals surface area contributed by atoms with Gasteiger partial charge in [-0.25, -0.2) is 0 Å². The van der Waals surface area contributed by atoms with Gasteiger partial charge >= 0.3 is 0 Å². The highest BCUT2D eigenvalue weighted by Gasteiger charge is 2.13. The SMILES string of the molecule is COc1cccc(OC)c1CC(=O)NCCN. The van der Waals surface area contributed by atoms with Crippen LogP contribution in [0.25, 0.3) is 0 Å². The van der Waals surface area contributed by atoms with E-state index < -0.39 is 0 Å². The summed E-state index contributed by atoms with van der Waals surface area (Å²) in [5.41, 5.74) is 6.06. The summed E-state index contributed by atoms with van der Waals surface area (Å²) >= 11 is 0. The Hall–Kier alpha value is -1.75. The van der Waals surface area contributed by atoms with Gasteiger partial charge in [0.25, 0.3) is 0 Å². The van der Waals surface area contributed by atoms with Crippen LogP contribution in [0, 0.1) is 0 Å². The zero-order valence-electron chi connectivity index (χ0n) is 10.2. The molecule has 0 aliphatic heterocycles. The highest BCUT2D eigenvalue weighted by molar-refractivity contribution is 5.80. The monoisotopic (exact) mass is 238 g/mol. The van der Waals surface area contributed by atoms with E-state index in [-0.39, 0.29) is 12.3 Å². The van der Waals surface area contributed by atoms with Crippen molar-refractivity contribution in [2.75, 3.05) is 27.3 Å². The zero-order valence-corrected chi connectivity index (χ0v) is 10.2. The van der Waals surface area contributed by atoms with Crippen LogP contribution in [0.2, 0.25) is 0 Å². The van der Waals surface area contributed by atoms with Gasteiger partial charge in [-0.3, -0.25) is 4.79 Å². The van der Waals surface area contributed by atoms with Crippen LogP contribution in [0.5, 0.6) is 11.5 Å². The molecule has 0 fully saturated rings. The maximum Gasteiger partial charge on any atom is 0.224 e. The molecule has 1 rings (SSSR count). The molecule has 0 unspecified atom stereocenters. The van der Waals surface area contributed by atoms with Crippen LogP contribution in [-0.2, 0) is 11.2 Å². The number of carbonyl (C=O) groups excluding carboxylic acids is 1. The molecule has 0 spiro atoms. The Balaban J connectivity index is 2.83. The molecule has 0 radical (unpaired) electrons. The van der Waals surface area contributed by atoms with E-state index in [2.05, 4.69) is 5.32 Å². The largest absolute Gasteiger partial charge is 0.496 e. The van der Waals surface area contributed by atoms with Gasteiger partial charge in [0, 0.05) is 18.7 Å². The van der Waals surface area contributed by atoms with Crippen LogP contribution in [0.4, 0.5) is 0 Å². The third kappa shape index (κ3) is 3.64. The first-order valence-electron chi connectivity index (χ1n) is 5.39. The molecule has 0 saturated carbocycles. The molecule has 17 heavy (non-hydrogen) atoms. The molecule has 0 aliphatic rings. The van der Waals surface area contributed by atoms with Crippen LogP contribution < -0.4 is 20.5 Å². The van der Waals surface area contributed by atoms with Gasteiger partial charge < -0.3 is 20.5 Å². The Kier molecular flexibility index (Phi) is 5.29. The number of methoxy groups -OCH3 is 2. The fourth-order valence-corrected chi connectivity index (χ4v) is 1.54. The van der Waals surface area contributed by atoms with Gasteiger partial charge in [0.15, 0.2) is 0 Å². The fourth-order valence-electron chi connectivity index (χ4n) is 1.54. The van der Waals surface area contributed by atoms with Gasteiger partial charge in [-0.05, 0) is 12.1 Å². The number of carbonyl (C=O) groups is 1. The third-order valence-corrected chi connectivity index (χ3v) is 2.33. The van der Waals surface area contributed by atoms with Crippen LogP contribution in [0.15, 0.2) is 18.2 Å². The number of amides is 1. The third-order valence-electron chi connectivity index (χ3n) is 2.33. The van der Waals surface area contributed by atoms with Gasteiger partial charge in [-0.1, -0.05) is 6.07 Å². The average Bonchev–Trinajstić information content (AvgIpc) is 2.36. The van der Waals surface area contributed by atoms with E-state index in [0.29, 0.717) is 24.6 Å². The predicted octanol–water partition coefficient (Wildman–Crippen LogP) is 0.321. The van der Waals surface area contributed by atoms with Crippen molar-refractivity contribution in [2.24, 2.45) is 5.73 Å². The van der Waals surface area contributed by atoms with Crippen molar-refractivity contribution in [2.45, 2.75) is 6.42 Å². The maximum atomic E-state index is 11.6. The summed E-state index contributed by atoms with van der Waals surface area (Å²) in [4.78, 5) is 11.6. The van der Waals surface area contributed by atoms with E-state index in [0.717, 1.165) is 5.56 Å². The van der Waals surface area contributed by atoms with Crippen LogP contribution in [0.3, 0.4) is 0 Å². The quantitative estimate of drug-likeness (QED) is 0.748. The molecule has 5 heteroatoms. The van der Waals surface area contributed by atoms with E-state index in [1.54, 1.807) is 26.4 Å². The van der Waals surface area contributed by atoms with Crippen LogP contribution in [0.1, 0.15) is 5.56 Å². The van der Waals surface area contributed by atoms with Gasteiger partial charge in [0.05, 0.1) is 20.6 Å². The topological polar surface area (TPSA) is 73.6 Å². The Labute approximate surface area is 101 Å². The minimum absolute atomic E-state index is 0.0988. The van der Waals surface area contributed by atoms with E-state index in [4.69, 9.17) is 15.2 Å². The van der Waals surface area contributed by atoms with Gasteiger partial charge in [0.2, 0.25) is 5.91 Å². The minimum Gasteiger partial charge on any atom is -0.496 e. The summed E-state index contributed by atoms with van der Waals surface area (Å²) in [6, 6.07) is 5.42. The minimum atomic E-state index is -0.0988. The number of nitrogens with one attached hydrogen (secondary N) is 1. The molecule has 0 aliphatic carbocycles. The Bertz CT molecular complexity index is 358. The summed E-state index contributed by atoms with van der Waals surface area (Å²) in [6.07, 6.45) is 0.215. The zero-order chi connectivity index (χ0) is 12.7. The molecule has 0 heterocycles. The lowest BCUT2D eigenvalue weighted by Crippen LogP contribution is -2.30. The van der Waals surface area contributed by atoms with Crippen molar-refractivity contribution in [1.82, 2.24) is 5.32 Å². The highest BCUT2D eigenvalue weighted by Crippen LogP contribution is 2.28. The second kappa shape index (κ2) is 6.75. The van der Waals surface area contributed by atoms with E-state index >= 15 is 0 Å². The van der Waals surface area contributed by atoms with E-state index in [1.807, 2.05) is 6.07 Å². The van der Waals surface area contributed by atoms with Gasteiger partial charge in [-0.15, -0.1) is 0 Å². The summed E-state index contributed by atoms with van der Waals surface area (Å²) in [7, 11) is 3.13. The fraction of sp³-hybridized carbons (Fsp3) is 0.417. The number of hydrogen-bond donors (Lipinski definition) is 2. The van der Waals surface area contributed by atoms with Crippen LogP contribution >= 0.6 is 0 Å². The number of rotatable bonds is 6. The molecule has 3 N–H and O–H groups in total. The number of ether oxygens (including phenoxy) is 2. The lowest BCUT2D eigenvalue weighted by atomic mass is 10.1. The van der Waals surface area contributed by atoms with Crippen molar-refractivity contribution < 1.29 is 14.3 Å². The lowest BCUT2D eigenvalue weighted by molar-refractivity contribution is -0.120. The second-order valence-corrected chi connectivity index (χ2v) is 3.46. The Morgan fingerprint density at radius 3 is 2.35 bits per heavy atom. The van der Waals surface area contributed by atoms with E-state index in [9.17, 15) is 4.79 Å². The van der Waals surface area contributed by atoms with Crippen molar-refractivity contribution in [3.8, 4) is 11.5 Å². The standard InChI is InChI=1S/C12H18N2O3/c1-16-10-4-3-5-11(17-2)9(10)8-12(15)14-7-6-13/h3-5H,6-8,13H2,1-2H3,(H,14,15). The van der Waals surface area contributed by atoms with Crippen LogP contribution in [-0.4, -0.2) is 33.2 Å². The van der Waals surface area contributed by atoms with Gasteiger partial charge in [0.1, 0.15) is 11.5 Å². The summed E-state index contributed by atoms with van der Waals surface area (Å²) in [6.45, 7) is 0.894. The first-order valence-corrected chi connectivity index (χ1v) is 5.39. The number of hydrogen-bond acceptors (Lipinski definition) is 4. The van der Waals surface area contributed by atoms with Crippen molar-refractivity contribution in [1.29, 1.82) is 0 Å². The first-order chi connectivity index (χ1) is 8.22. The molecule has 94 valence electrons. The normalized spacial score (nSPS) is 9.82. The van der Waals surface area contributed by atoms with Crippen molar-refractivity contribution in [3.63, 3.8) is 0 Å². The van der Waals surface area contributed by atoms with Crippen molar-refractivity contribution >= 4 is 5.91 Å². The average molecular weight is 238 g/mol. The van der Waals surface area contributed by atoms with Crippen molar-refractivity contribution in [3.05, 3.63) is 23.8 Å². The second-order valence-electron chi connectivity index (χ2n) is 3.46. The smallest absolute Gasteiger partial charge is 0.224 e. The predicted molar refractivity (Wildman–Crippen MR) is 65.3 cm³/mol. The molecule has 0 saturated heterocycles. The molecule has 0 bridgehead atoms. The number of nitrogens with two attached hydrogens (primary N) is 1. The molecule has 0 atom stereocenters. The molecule has 0 aromatic heterocycles. The highest BCUT2D eigenvalue weighted by atomic mass is 16.5. The van der Waals surface area contributed by atoms with Gasteiger partial charge in [-0.2, -0.15) is 0 Å². The summed E-state index contributed by atoms with van der Waals surface area (Å²) in [5, 5.41) is 2.71. The Morgan fingerprint density at radius 1 is 1.29 bits per heavy atom. The Morgan fingerprint density at radius 2 is 1.88 bits per heavy atom.